The number of thioether (sulfide) groups is 1. The van der Waals surface area contributed by atoms with Gasteiger partial charge in [-0.05, 0) is 25.5 Å². The molecule has 0 saturated heterocycles. The van der Waals surface area contributed by atoms with Gasteiger partial charge in [-0.25, -0.2) is 0 Å². The molecule has 0 fully saturated rings. The maximum Gasteiger partial charge on any atom is 0.237 e. The van der Waals surface area contributed by atoms with Gasteiger partial charge in [0.05, 0.1) is 5.75 Å². The number of aryl methyl sites for hydroxylation is 1. The van der Waals surface area contributed by atoms with E-state index in [-0.39, 0.29) is 0 Å². The fourth-order valence-electron chi connectivity index (χ4n) is 2.99. The van der Waals surface area contributed by atoms with E-state index in [1.807, 2.05) is 49.4 Å². The molecular weight excluding hydrogens is 370 g/mol. The Hall–Kier alpha value is -2.93. The number of aromatic nitrogens is 5. The van der Waals surface area contributed by atoms with Gasteiger partial charge in [0.15, 0.2) is 5.16 Å². The van der Waals surface area contributed by atoms with Crippen molar-refractivity contribution in [1.29, 1.82) is 0 Å². The summed E-state index contributed by atoms with van der Waals surface area (Å²) in [5, 5.41) is 13.7. The summed E-state index contributed by atoms with van der Waals surface area (Å²) in [5.74, 6) is 2.71. The van der Waals surface area contributed by atoms with Crippen LogP contribution in [0.3, 0.4) is 0 Å². The largest absolute Gasteiger partial charge is 0.338 e. The SMILES string of the molecule is CCn1c(Cc2ccccc2)nnc1SCc1nc(-c2cccc(C)c2)no1. The summed E-state index contributed by atoms with van der Waals surface area (Å²) in [6.45, 7) is 4.96. The highest BCUT2D eigenvalue weighted by atomic mass is 32.2. The highest BCUT2D eigenvalue weighted by Crippen LogP contribution is 2.24. The second kappa shape index (κ2) is 8.39. The number of nitrogens with zero attached hydrogens (tertiary/aromatic N) is 5. The molecule has 0 bridgehead atoms. The van der Waals surface area contributed by atoms with E-state index in [0.29, 0.717) is 17.5 Å². The number of benzene rings is 2. The van der Waals surface area contributed by atoms with E-state index in [0.717, 1.165) is 29.5 Å². The predicted molar refractivity (Wildman–Crippen MR) is 109 cm³/mol. The van der Waals surface area contributed by atoms with Crippen LogP contribution in [0.1, 0.15) is 29.8 Å². The molecule has 0 saturated carbocycles. The van der Waals surface area contributed by atoms with E-state index in [1.165, 1.54) is 11.1 Å². The molecule has 2 aromatic carbocycles. The first kappa shape index (κ1) is 18.4. The van der Waals surface area contributed by atoms with Crippen LogP contribution in [0.2, 0.25) is 0 Å². The molecule has 0 unspecified atom stereocenters. The zero-order valence-electron chi connectivity index (χ0n) is 15.9. The van der Waals surface area contributed by atoms with Crippen LogP contribution >= 0.6 is 11.8 Å². The Bertz CT molecular complexity index is 1060. The van der Waals surface area contributed by atoms with Crippen LogP contribution < -0.4 is 0 Å². The molecule has 142 valence electrons. The normalized spacial score (nSPS) is 11.1. The molecule has 2 heterocycles. The van der Waals surface area contributed by atoms with Gasteiger partial charge >= 0.3 is 0 Å². The minimum atomic E-state index is 0.558. The molecule has 4 rings (SSSR count). The third-order valence-electron chi connectivity index (χ3n) is 4.38. The van der Waals surface area contributed by atoms with E-state index >= 15 is 0 Å². The molecule has 0 N–H and O–H groups in total. The predicted octanol–water partition coefficient (Wildman–Crippen LogP) is 4.54. The van der Waals surface area contributed by atoms with Crippen molar-refractivity contribution in [2.24, 2.45) is 0 Å². The Kier molecular flexibility index (Phi) is 5.53. The lowest BCUT2D eigenvalue weighted by Gasteiger charge is -2.06. The van der Waals surface area contributed by atoms with E-state index < -0.39 is 0 Å². The molecule has 0 radical (unpaired) electrons. The van der Waals surface area contributed by atoms with Crippen molar-refractivity contribution in [2.45, 2.75) is 37.7 Å². The van der Waals surface area contributed by atoms with Gasteiger partial charge in [0, 0.05) is 18.5 Å². The van der Waals surface area contributed by atoms with Crippen molar-refractivity contribution in [2.75, 3.05) is 0 Å². The first-order valence-corrected chi connectivity index (χ1v) is 10.2. The lowest BCUT2D eigenvalue weighted by molar-refractivity contribution is 0.391. The topological polar surface area (TPSA) is 69.6 Å². The lowest BCUT2D eigenvalue weighted by Crippen LogP contribution is -2.04. The van der Waals surface area contributed by atoms with Gasteiger partial charge in [0.2, 0.25) is 11.7 Å². The lowest BCUT2D eigenvalue weighted by atomic mass is 10.1. The second-order valence-electron chi connectivity index (χ2n) is 6.48. The van der Waals surface area contributed by atoms with Crippen molar-refractivity contribution in [3.63, 3.8) is 0 Å². The summed E-state index contributed by atoms with van der Waals surface area (Å²) in [5.41, 5.74) is 3.35. The average Bonchev–Trinajstić information content (AvgIpc) is 3.34. The first-order valence-electron chi connectivity index (χ1n) is 9.21. The monoisotopic (exact) mass is 391 g/mol. The van der Waals surface area contributed by atoms with E-state index in [9.17, 15) is 0 Å². The maximum atomic E-state index is 5.42. The number of rotatable bonds is 7. The van der Waals surface area contributed by atoms with Crippen molar-refractivity contribution >= 4 is 11.8 Å². The van der Waals surface area contributed by atoms with Gasteiger partial charge in [0.25, 0.3) is 0 Å². The van der Waals surface area contributed by atoms with Crippen LogP contribution in [-0.4, -0.2) is 24.9 Å². The van der Waals surface area contributed by atoms with Gasteiger partial charge in [-0.2, -0.15) is 4.98 Å². The standard InChI is InChI=1S/C21H21N5OS/c1-3-26-18(13-16-9-5-4-6-10-16)23-24-21(26)28-14-19-22-20(25-27-19)17-11-7-8-15(2)12-17/h4-12H,3,13-14H2,1-2H3. The van der Waals surface area contributed by atoms with Gasteiger partial charge in [0.1, 0.15) is 5.82 Å². The van der Waals surface area contributed by atoms with Crippen LogP contribution in [0.4, 0.5) is 0 Å². The molecule has 6 nitrogen and oxygen atoms in total. The molecule has 0 aliphatic rings. The Morgan fingerprint density at radius 3 is 2.68 bits per heavy atom. The zero-order chi connectivity index (χ0) is 19.3. The van der Waals surface area contributed by atoms with E-state index in [1.54, 1.807) is 11.8 Å². The number of hydrogen-bond acceptors (Lipinski definition) is 6. The van der Waals surface area contributed by atoms with Crippen LogP contribution in [0.15, 0.2) is 64.3 Å². The molecular formula is C21H21N5OS. The molecule has 0 spiro atoms. The van der Waals surface area contributed by atoms with Crippen molar-refractivity contribution in [1.82, 2.24) is 24.9 Å². The maximum absolute atomic E-state index is 5.42. The van der Waals surface area contributed by atoms with E-state index in [2.05, 4.69) is 44.0 Å². The minimum Gasteiger partial charge on any atom is -0.338 e. The highest BCUT2D eigenvalue weighted by Gasteiger charge is 2.14. The third-order valence-corrected chi connectivity index (χ3v) is 5.34. The molecule has 0 aliphatic carbocycles. The second-order valence-corrected chi connectivity index (χ2v) is 7.42. The molecule has 0 atom stereocenters. The summed E-state index contributed by atoms with van der Waals surface area (Å²) in [6, 6.07) is 18.4. The van der Waals surface area contributed by atoms with Gasteiger partial charge < -0.3 is 9.09 Å². The Balaban J connectivity index is 1.45. The summed E-state index contributed by atoms with van der Waals surface area (Å²) in [4.78, 5) is 4.51. The Morgan fingerprint density at radius 1 is 1.04 bits per heavy atom. The summed E-state index contributed by atoms with van der Waals surface area (Å²) in [6.07, 6.45) is 0.764. The third kappa shape index (κ3) is 4.14. The van der Waals surface area contributed by atoms with E-state index in [4.69, 9.17) is 4.52 Å². The van der Waals surface area contributed by atoms with Gasteiger partial charge in [-0.1, -0.05) is 71.0 Å². The number of hydrogen-bond donors (Lipinski definition) is 0. The van der Waals surface area contributed by atoms with Crippen LogP contribution in [0, 0.1) is 6.92 Å². The molecule has 2 aromatic heterocycles. The van der Waals surface area contributed by atoms with Crippen molar-refractivity contribution in [3.05, 3.63) is 77.4 Å². The zero-order valence-corrected chi connectivity index (χ0v) is 16.7. The molecule has 4 aromatic rings. The fraction of sp³-hybridized carbons (Fsp3) is 0.238. The summed E-state index contributed by atoms with van der Waals surface area (Å²) in [7, 11) is 0. The van der Waals surface area contributed by atoms with Crippen molar-refractivity contribution in [3.8, 4) is 11.4 Å². The molecule has 0 amide bonds. The van der Waals surface area contributed by atoms with Crippen LogP contribution in [0.25, 0.3) is 11.4 Å². The van der Waals surface area contributed by atoms with Gasteiger partial charge in [-0.3, -0.25) is 0 Å². The Morgan fingerprint density at radius 2 is 1.89 bits per heavy atom. The smallest absolute Gasteiger partial charge is 0.237 e. The Labute approximate surface area is 168 Å². The van der Waals surface area contributed by atoms with Crippen molar-refractivity contribution < 1.29 is 4.52 Å². The first-order chi connectivity index (χ1) is 13.7. The molecule has 28 heavy (non-hydrogen) atoms. The van der Waals surface area contributed by atoms with Crippen LogP contribution in [0.5, 0.6) is 0 Å². The average molecular weight is 392 g/mol. The van der Waals surface area contributed by atoms with Crippen LogP contribution in [-0.2, 0) is 18.7 Å². The van der Waals surface area contributed by atoms with Gasteiger partial charge in [-0.15, -0.1) is 10.2 Å². The highest BCUT2D eigenvalue weighted by molar-refractivity contribution is 7.98. The minimum absolute atomic E-state index is 0.558. The molecule has 7 heteroatoms. The quantitative estimate of drug-likeness (QED) is 0.431. The molecule has 0 aliphatic heterocycles. The fourth-order valence-corrected chi connectivity index (χ4v) is 3.85. The summed E-state index contributed by atoms with van der Waals surface area (Å²) < 4.78 is 7.55. The summed E-state index contributed by atoms with van der Waals surface area (Å²) >= 11 is 1.56.